The second kappa shape index (κ2) is 2.25. The van der Waals surface area contributed by atoms with Crippen LogP contribution in [0, 0.1) is 5.92 Å². The van der Waals surface area contributed by atoms with E-state index in [2.05, 4.69) is 0 Å². The summed E-state index contributed by atoms with van der Waals surface area (Å²) in [4.78, 5) is 0. The second-order valence-electron chi connectivity index (χ2n) is 2.87. The SMILES string of the molecule is CCC(F)(CN)C1CC1. The predicted octanol–water partition coefficient (Wildman–Crippen LogP) is 1.47. The van der Waals surface area contributed by atoms with Crippen LogP contribution < -0.4 is 5.73 Å². The molecule has 1 unspecified atom stereocenters. The van der Waals surface area contributed by atoms with Gasteiger partial charge >= 0.3 is 0 Å². The van der Waals surface area contributed by atoms with E-state index in [1.807, 2.05) is 6.92 Å². The average Bonchev–Trinajstić information content (AvgIpc) is 2.68. The first-order valence-electron chi connectivity index (χ1n) is 3.62. The molecule has 1 nitrogen and oxygen atoms in total. The van der Waals surface area contributed by atoms with Gasteiger partial charge in [0.1, 0.15) is 5.67 Å². The molecular weight excluding hydrogens is 117 g/mol. The molecule has 0 saturated heterocycles. The normalized spacial score (nSPS) is 25.7. The first-order valence-corrected chi connectivity index (χ1v) is 3.62. The zero-order valence-corrected chi connectivity index (χ0v) is 5.86. The lowest BCUT2D eigenvalue weighted by Gasteiger charge is -2.20. The van der Waals surface area contributed by atoms with Crippen molar-refractivity contribution < 1.29 is 4.39 Å². The van der Waals surface area contributed by atoms with E-state index in [-0.39, 0.29) is 12.5 Å². The van der Waals surface area contributed by atoms with Gasteiger partial charge in [0.2, 0.25) is 0 Å². The number of rotatable bonds is 3. The van der Waals surface area contributed by atoms with Crippen molar-refractivity contribution in [1.29, 1.82) is 0 Å². The van der Waals surface area contributed by atoms with Crippen LogP contribution in [0.4, 0.5) is 4.39 Å². The monoisotopic (exact) mass is 131 g/mol. The molecule has 2 N–H and O–H groups in total. The van der Waals surface area contributed by atoms with Crippen LogP contribution in [0.25, 0.3) is 0 Å². The van der Waals surface area contributed by atoms with Crippen LogP contribution in [0.5, 0.6) is 0 Å². The quantitative estimate of drug-likeness (QED) is 0.616. The van der Waals surface area contributed by atoms with Crippen molar-refractivity contribution in [1.82, 2.24) is 0 Å². The van der Waals surface area contributed by atoms with Gasteiger partial charge in [0.25, 0.3) is 0 Å². The molecule has 1 aliphatic rings. The minimum absolute atomic E-state index is 0.203. The highest BCUT2D eigenvalue weighted by atomic mass is 19.1. The molecule has 1 saturated carbocycles. The van der Waals surface area contributed by atoms with Crippen molar-refractivity contribution in [3.63, 3.8) is 0 Å². The first kappa shape index (κ1) is 7.00. The lowest BCUT2D eigenvalue weighted by atomic mass is 9.97. The van der Waals surface area contributed by atoms with Gasteiger partial charge in [-0.1, -0.05) is 6.92 Å². The summed E-state index contributed by atoms with van der Waals surface area (Å²) in [5.41, 5.74) is 4.26. The molecule has 1 rings (SSSR count). The van der Waals surface area contributed by atoms with Crippen LogP contribution in [-0.2, 0) is 0 Å². The highest BCUT2D eigenvalue weighted by Gasteiger charge is 2.43. The van der Waals surface area contributed by atoms with E-state index >= 15 is 0 Å². The fraction of sp³-hybridized carbons (Fsp3) is 1.00. The molecule has 9 heavy (non-hydrogen) atoms. The molecule has 0 amide bonds. The molecule has 0 aromatic carbocycles. The highest BCUT2D eigenvalue weighted by Crippen LogP contribution is 2.43. The number of hydrogen-bond donors (Lipinski definition) is 1. The Morgan fingerprint density at radius 2 is 2.22 bits per heavy atom. The summed E-state index contributed by atoms with van der Waals surface area (Å²) in [5.74, 6) is 0.285. The summed E-state index contributed by atoms with van der Waals surface area (Å²) < 4.78 is 13.3. The summed E-state index contributed by atoms with van der Waals surface area (Å²) >= 11 is 0. The summed E-state index contributed by atoms with van der Waals surface area (Å²) in [7, 11) is 0. The van der Waals surface area contributed by atoms with E-state index in [1.165, 1.54) is 0 Å². The van der Waals surface area contributed by atoms with Gasteiger partial charge in [-0.25, -0.2) is 4.39 Å². The third-order valence-corrected chi connectivity index (χ3v) is 2.24. The molecule has 0 aliphatic heterocycles. The standard InChI is InChI=1S/C7H14FN/c1-2-7(8,5-9)6-3-4-6/h6H,2-5,9H2,1H3. The van der Waals surface area contributed by atoms with Crippen molar-refractivity contribution in [2.75, 3.05) is 6.54 Å². The summed E-state index contributed by atoms with van der Waals surface area (Å²) in [6.45, 7) is 2.07. The van der Waals surface area contributed by atoms with E-state index in [0.717, 1.165) is 12.8 Å². The van der Waals surface area contributed by atoms with Gasteiger partial charge in [0.05, 0.1) is 0 Å². The van der Waals surface area contributed by atoms with Crippen LogP contribution in [-0.4, -0.2) is 12.2 Å². The third-order valence-electron chi connectivity index (χ3n) is 2.24. The molecule has 1 atom stereocenters. The minimum atomic E-state index is -1.03. The maximum absolute atomic E-state index is 13.3. The van der Waals surface area contributed by atoms with Crippen LogP contribution in [0.2, 0.25) is 0 Å². The van der Waals surface area contributed by atoms with E-state index in [9.17, 15) is 4.39 Å². The van der Waals surface area contributed by atoms with Crippen molar-refractivity contribution in [3.8, 4) is 0 Å². The zero-order chi connectivity index (χ0) is 6.91. The number of nitrogens with two attached hydrogens (primary N) is 1. The molecule has 1 fully saturated rings. The fourth-order valence-electron chi connectivity index (χ4n) is 1.20. The lowest BCUT2D eigenvalue weighted by molar-refractivity contribution is 0.137. The van der Waals surface area contributed by atoms with Gasteiger partial charge in [-0.15, -0.1) is 0 Å². The Morgan fingerprint density at radius 1 is 1.67 bits per heavy atom. The van der Waals surface area contributed by atoms with Crippen molar-refractivity contribution in [2.45, 2.75) is 31.9 Å². The van der Waals surface area contributed by atoms with Gasteiger partial charge in [0, 0.05) is 6.54 Å². The van der Waals surface area contributed by atoms with Crippen molar-refractivity contribution in [2.24, 2.45) is 11.7 Å². The van der Waals surface area contributed by atoms with Gasteiger partial charge < -0.3 is 5.73 Å². The van der Waals surface area contributed by atoms with Crippen LogP contribution in [0.15, 0.2) is 0 Å². The van der Waals surface area contributed by atoms with Crippen LogP contribution in [0.3, 0.4) is 0 Å². The van der Waals surface area contributed by atoms with Crippen molar-refractivity contribution >= 4 is 0 Å². The lowest BCUT2D eigenvalue weighted by Crippen LogP contribution is -2.34. The first-order chi connectivity index (χ1) is 4.23. The fourth-order valence-corrected chi connectivity index (χ4v) is 1.20. The van der Waals surface area contributed by atoms with E-state index < -0.39 is 5.67 Å². The molecule has 0 aromatic heterocycles. The molecule has 0 bridgehead atoms. The molecular formula is C7H14FN. The van der Waals surface area contributed by atoms with Crippen LogP contribution >= 0.6 is 0 Å². The van der Waals surface area contributed by atoms with E-state index in [1.54, 1.807) is 0 Å². The Kier molecular flexibility index (Phi) is 1.75. The average molecular weight is 131 g/mol. The molecule has 0 radical (unpaired) electrons. The summed E-state index contributed by atoms with van der Waals surface area (Å²) in [6.07, 6.45) is 2.66. The van der Waals surface area contributed by atoms with E-state index in [4.69, 9.17) is 5.73 Å². The molecule has 0 heterocycles. The molecule has 54 valence electrons. The van der Waals surface area contributed by atoms with Gasteiger partial charge in [-0.05, 0) is 25.2 Å². The number of hydrogen-bond acceptors (Lipinski definition) is 1. The maximum Gasteiger partial charge on any atom is 0.125 e. The Balaban J connectivity index is 2.43. The predicted molar refractivity (Wildman–Crippen MR) is 35.9 cm³/mol. The minimum Gasteiger partial charge on any atom is -0.328 e. The highest BCUT2D eigenvalue weighted by molar-refractivity contribution is 4.94. The smallest absolute Gasteiger partial charge is 0.125 e. The topological polar surface area (TPSA) is 26.0 Å². The Hall–Kier alpha value is -0.110. The summed E-state index contributed by atoms with van der Waals surface area (Å²) in [6, 6.07) is 0. The molecule has 2 heteroatoms. The largest absolute Gasteiger partial charge is 0.328 e. The van der Waals surface area contributed by atoms with Crippen LogP contribution in [0.1, 0.15) is 26.2 Å². The number of alkyl halides is 1. The van der Waals surface area contributed by atoms with Gasteiger partial charge in [-0.2, -0.15) is 0 Å². The van der Waals surface area contributed by atoms with E-state index in [0.29, 0.717) is 6.42 Å². The third kappa shape index (κ3) is 1.23. The van der Waals surface area contributed by atoms with Crippen molar-refractivity contribution in [3.05, 3.63) is 0 Å². The summed E-state index contributed by atoms with van der Waals surface area (Å²) in [5, 5.41) is 0. The zero-order valence-electron chi connectivity index (χ0n) is 5.86. The second-order valence-corrected chi connectivity index (χ2v) is 2.87. The molecule has 1 aliphatic carbocycles. The number of halogens is 1. The van der Waals surface area contributed by atoms with Gasteiger partial charge in [-0.3, -0.25) is 0 Å². The van der Waals surface area contributed by atoms with Gasteiger partial charge in [0.15, 0.2) is 0 Å². The molecule has 0 spiro atoms. The Labute approximate surface area is 55.4 Å². The molecule has 0 aromatic rings. The Bertz CT molecular complexity index is 95.1. The Morgan fingerprint density at radius 3 is 2.33 bits per heavy atom. The maximum atomic E-state index is 13.3.